The van der Waals surface area contributed by atoms with Crippen LogP contribution in [0.25, 0.3) is 0 Å². The van der Waals surface area contributed by atoms with Gasteiger partial charge in [-0.25, -0.2) is 0 Å². The summed E-state index contributed by atoms with van der Waals surface area (Å²) >= 11 is 0. The van der Waals surface area contributed by atoms with Crippen molar-refractivity contribution in [2.45, 2.75) is 32.2 Å². The van der Waals surface area contributed by atoms with Crippen LogP contribution in [-0.4, -0.2) is 19.0 Å². The summed E-state index contributed by atoms with van der Waals surface area (Å²) in [4.78, 5) is 11.8. The van der Waals surface area contributed by atoms with Crippen molar-refractivity contribution >= 4 is 17.3 Å². The van der Waals surface area contributed by atoms with Gasteiger partial charge in [-0.05, 0) is 43.4 Å². The monoisotopic (exact) mass is 247 g/mol. The molecule has 1 aliphatic rings. The highest BCUT2D eigenvalue weighted by Gasteiger charge is 2.22. The van der Waals surface area contributed by atoms with Crippen LogP contribution in [0.15, 0.2) is 18.2 Å². The number of nitrogens with one attached hydrogen (secondary N) is 2. The van der Waals surface area contributed by atoms with Crippen molar-refractivity contribution in [1.82, 2.24) is 5.32 Å². The highest BCUT2D eigenvalue weighted by molar-refractivity contribution is 6.00. The molecule has 1 aromatic rings. The first-order valence-corrected chi connectivity index (χ1v) is 6.48. The Morgan fingerprint density at radius 1 is 1.39 bits per heavy atom. The van der Waals surface area contributed by atoms with Crippen molar-refractivity contribution < 1.29 is 4.79 Å². The fourth-order valence-corrected chi connectivity index (χ4v) is 2.57. The minimum atomic E-state index is -0.0801. The molecule has 2 atom stereocenters. The predicted octanol–water partition coefficient (Wildman–Crippen LogP) is 2.23. The summed E-state index contributed by atoms with van der Waals surface area (Å²) in [7, 11) is 1.64. The number of amides is 1. The summed E-state index contributed by atoms with van der Waals surface area (Å²) in [6.07, 6.45) is 3.56. The Bertz CT molecular complexity index is 445. The van der Waals surface area contributed by atoms with Crippen LogP contribution in [0.5, 0.6) is 0 Å². The fraction of sp³-hybridized carbons (Fsp3) is 0.500. The molecule has 1 fully saturated rings. The molecule has 1 amide bonds. The molecule has 1 aliphatic carbocycles. The molecule has 1 saturated carbocycles. The Balaban J connectivity index is 2.19. The normalized spacial score (nSPS) is 22.8. The molecule has 0 bridgehead atoms. The van der Waals surface area contributed by atoms with E-state index in [0.29, 0.717) is 17.3 Å². The van der Waals surface area contributed by atoms with Crippen LogP contribution < -0.4 is 16.4 Å². The van der Waals surface area contributed by atoms with Crippen LogP contribution in [0, 0.1) is 5.92 Å². The van der Waals surface area contributed by atoms with Gasteiger partial charge in [0.15, 0.2) is 0 Å². The van der Waals surface area contributed by atoms with E-state index < -0.39 is 0 Å². The van der Waals surface area contributed by atoms with Crippen molar-refractivity contribution in [2.24, 2.45) is 5.92 Å². The number of carbonyl (C=O) groups is 1. The summed E-state index contributed by atoms with van der Waals surface area (Å²) in [5, 5.41) is 6.11. The van der Waals surface area contributed by atoms with Gasteiger partial charge in [0.2, 0.25) is 0 Å². The van der Waals surface area contributed by atoms with Crippen LogP contribution >= 0.6 is 0 Å². The van der Waals surface area contributed by atoms with E-state index in [0.717, 1.165) is 24.4 Å². The maximum absolute atomic E-state index is 11.8. The standard InChI is InChI=1S/C14H21N3O/c1-9-3-5-11(7-9)17-13-8-10(15)4-6-12(13)14(18)16-2/h4,6,8-9,11,17H,3,5,7,15H2,1-2H3,(H,16,18). The average molecular weight is 247 g/mol. The van der Waals surface area contributed by atoms with Gasteiger partial charge in [-0.2, -0.15) is 0 Å². The number of hydrogen-bond donors (Lipinski definition) is 3. The second kappa shape index (κ2) is 5.29. The van der Waals surface area contributed by atoms with E-state index in [1.54, 1.807) is 19.2 Å². The number of carbonyl (C=O) groups excluding carboxylic acids is 1. The van der Waals surface area contributed by atoms with Gasteiger partial charge in [-0.3, -0.25) is 4.79 Å². The molecule has 18 heavy (non-hydrogen) atoms. The second-order valence-electron chi connectivity index (χ2n) is 5.14. The highest BCUT2D eigenvalue weighted by atomic mass is 16.1. The van der Waals surface area contributed by atoms with E-state index in [1.165, 1.54) is 6.42 Å². The Hall–Kier alpha value is -1.71. The van der Waals surface area contributed by atoms with E-state index in [-0.39, 0.29) is 5.91 Å². The summed E-state index contributed by atoms with van der Waals surface area (Å²) in [5.41, 5.74) is 7.98. The van der Waals surface area contributed by atoms with E-state index in [2.05, 4.69) is 17.6 Å². The number of benzene rings is 1. The SMILES string of the molecule is CNC(=O)c1ccc(N)cc1NC1CCC(C)C1. The number of anilines is 2. The van der Waals surface area contributed by atoms with Crippen molar-refractivity contribution in [1.29, 1.82) is 0 Å². The Kier molecular flexibility index (Phi) is 3.75. The third-order valence-corrected chi connectivity index (χ3v) is 3.57. The van der Waals surface area contributed by atoms with Gasteiger partial charge in [0.05, 0.1) is 5.56 Å². The highest BCUT2D eigenvalue weighted by Crippen LogP contribution is 2.29. The molecule has 0 aromatic heterocycles. The first kappa shape index (κ1) is 12.7. The molecule has 0 heterocycles. The average Bonchev–Trinajstić information content (AvgIpc) is 2.74. The molecule has 0 saturated heterocycles. The van der Waals surface area contributed by atoms with Crippen LogP contribution in [-0.2, 0) is 0 Å². The first-order valence-electron chi connectivity index (χ1n) is 6.48. The molecule has 4 heteroatoms. The van der Waals surface area contributed by atoms with Crippen LogP contribution in [0.4, 0.5) is 11.4 Å². The Morgan fingerprint density at radius 3 is 2.78 bits per heavy atom. The number of hydrogen-bond acceptors (Lipinski definition) is 3. The van der Waals surface area contributed by atoms with Crippen LogP contribution in [0.2, 0.25) is 0 Å². The lowest BCUT2D eigenvalue weighted by Gasteiger charge is -2.17. The largest absolute Gasteiger partial charge is 0.399 e. The quantitative estimate of drug-likeness (QED) is 0.717. The van der Waals surface area contributed by atoms with E-state index in [9.17, 15) is 4.79 Å². The second-order valence-corrected chi connectivity index (χ2v) is 5.14. The summed E-state index contributed by atoms with van der Waals surface area (Å²) in [6.45, 7) is 2.26. The van der Waals surface area contributed by atoms with Gasteiger partial charge >= 0.3 is 0 Å². The van der Waals surface area contributed by atoms with Gasteiger partial charge in [0, 0.05) is 24.5 Å². The van der Waals surface area contributed by atoms with E-state index in [4.69, 9.17) is 5.73 Å². The van der Waals surface area contributed by atoms with Gasteiger partial charge in [-0.15, -0.1) is 0 Å². The lowest BCUT2D eigenvalue weighted by Crippen LogP contribution is -2.22. The zero-order chi connectivity index (χ0) is 13.1. The zero-order valence-corrected chi connectivity index (χ0v) is 11.0. The lowest BCUT2D eigenvalue weighted by molar-refractivity contribution is 0.0964. The van der Waals surface area contributed by atoms with Gasteiger partial charge in [-0.1, -0.05) is 6.92 Å². The minimum absolute atomic E-state index is 0.0801. The maximum atomic E-state index is 11.8. The number of rotatable bonds is 3. The molecule has 0 spiro atoms. The van der Waals surface area contributed by atoms with Crippen molar-refractivity contribution in [3.63, 3.8) is 0 Å². The lowest BCUT2D eigenvalue weighted by atomic mass is 10.1. The number of nitrogens with two attached hydrogens (primary N) is 1. The minimum Gasteiger partial charge on any atom is -0.399 e. The molecular weight excluding hydrogens is 226 g/mol. The summed E-state index contributed by atoms with van der Waals surface area (Å²) in [6, 6.07) is 5.82. The molecule has 4 N–H and O–H groups in total. The van der Waals surface area contributed by atoms with Crippen LogP contribution in [0.1, 0.15) is 36.5 Å². The summed E-state index contributed by atoms with van der Waals surface area (Å²) in [5.74, 6) is 0.676. The van der Waals surface area contributed by atoms with Crippen molar-refractivity contribution in [3.8, 4) is 0 Å². The van der Waals surface area contributed by atoms with Gasteiger partial charge < -0.3 is 16.4 Å². The molecule has 1 aromatic carbocycles. The molecule has 0 aliphatic heterocycles. The topological polar surface area (TPSA) is 67.2 Å². The fourth-order valence-electron chi connectivity index (χ4n) is 2.57. The summed E-state index contributed by atoms with van der Waals surface area (Å²) < 4.78 is 0. The third-order valence-electron chi connectivity index (χ3n) is 3.57. The molecule has 2 unspecified atom stereocenters. The van der Waals surface area contributed by atoms with Crippen molar-refractivity contribution in [3.05, 3.63) is 23.8 Å². The van der Waals surface area contributed by atoms with E-state index >= 15 is 0 Å². The van der Waals surface area contributed by atoms with Gasteiger partial charge in [0.25, 0.3) is 5.91 Å². The maximum Gasteiger partial charge on any atom is 0.253 e. The molecule has 0 radical (unpaired) electrons. The van der Waals surface area contributed by atoms with Gasteiger partial charge in [0.1, 0.15) is 0 Å². The molecule has 4 nitrogen and oxygen atoms in total. The molecule has 98 valence electrons. The Labute approximate surface area is 108 Å². The van der Waals surface area contributed by atoms with Crippen molar-refractivity contribution in [2.75, 3.05) is 18.1 Å². The first-order chi connectivity index (χ1) is 8.60. The number of nitrogen functional groups attached to an aromatic ring is 1. The van der Waals surface area contributed by atoms with E-state index in [1.807, 2.05) is 6.07 Å². The Morgan fingerprint density at radius 2 is 2.17 bits per heavy atom. The zero-order valence-electron chi connectivity index (χ0n) is 11.0. The molecular formula is C14H21N3O. The third kappa shape index (κ3) is 2.75. The smallest absolute Gasteiger partial charge is 0.253 e. The van der Waals surface area contributed by atoms with Crippen LogP contribution in [0.3, 0.4) is 0 Å². The predicted molar refractivity (Wildman–Crippen MR) is 74.7 cm³/mol. The molecule has 2 rings (SSSR count).